The number of carboxylic acid groups (broad SMARTS) is 1. The Morgan fingerprint density at radius 3 is 2.52 bits per heavy atom. The van der Waals surface area contributed by atoms with Crippen molar-refractivity contribution < 1.29 is 29.3 Å². The van der Waals surface area contributed by atoms with E-state index >= 15 is 0 Å². The molecule has 2 aliphatic heterocycles. The van der Waals surface area contributed by atoms with Crippen LogP contribution in [0.3, 0.4) is 0 Å². The Hall–Kier alpha value is -1.82. The number of carboxylic acids is 1. The van der Waals surface area contributed by atoms with Crippen molar-refractivity contribution in [3.8, 4) is 0 Å². The third-order valence-corrected chi connectivity index (χ3v) is 7.26. The van der Waals surface area contributed by atoms with E-state index in [4.69, 9.17) is 9.47 Å². The molecule has 0 aromatic rings. The molecule has 0 aromatic heterocycles. The summed E-state index contributed by atoms with van der Waals surface area (Å²) in [5.74, 6) is -1.36. The highest BCUT2D eigenvalue weighted by Crippen LogP contribution is 2.61. The Kier molecular flexibility index (Phi) is 4.50. The lowest BCUT2D eigenvalue weighted by atomic mass is 9.48. The Morgan fingerprint density at radius 1 is 1.33 bits per heavy atom. The van der Waals surface area contributed by atoms with Gasteiger partial charge in [-0.1, -0.05) is 13.0 Å². The van der Waals surface area contributed by atoms with E-state index in [1.807, 2.05) is 20.8 Å². The van der Waals surface area contributed by atoms with Gasteiger partial charge in [0.1, 0.15) is 11.7 Å². The predicted octanol–water partition coefficient (Wildman–Crippen LogP) is 3.06. The molecule has 0 bridgehead atoms. The van der Waals surface area contributed by atoms with Gasteiger partial charge in [-0.05, 0) is 51.9 Å². The van der Waals surface area contributed by atoms with Crippen molar-refractivity contribution in [3.05, 3.63) is 24.2 Å². The largest absolute Gasteiger partial charge is 0.481 e. The molecule has 2 heterocycles. The van der Waals surface area contributed by atoms with E-state index < -0.39 is 28.5 Å². The Morgan fingerprint density at radius 2 is 1.96 bits per heavy atom. The number of aliphatic hydroxyl groups excluding tert-OH is 1. The van der Waals surface area contributed by atoms with Gasteiger partial charge in [0, 0.05) is 12.3 Å². The van der Waals surface area contributed by atoms with Crippen LogP contribution in [0.15, 0.2) is 24.2 Å². The summed E-state index contributed by atoms with van der Waals surface area (Å²) >= 11 is 0. The average molecular weight is 378 g/mol. The Balaban J connectivity index is 2.11. The van der Waals surface area contributed by atoms with Crippen LogP contribution < -0.4 is 0 Å². The molecule has 3 rings (SSSR count). The number of aliphatic hydroxyl groups is 1. The van der Waals surface area contributed by atoms with E-state index in [1.165, 1.54) is 0 Å². The number of allylic oxidation sites excluding steroid dienone is 2. The van der Waals surface area contributed by atoms with E-state index in [0.717, 1.165) is 0 Å². The van der Waals surface area contributed by atoms with Crippen LogP contribution in [0.5, 0.6) is 0 Å². The van der Waals surface area contributed by atoms with Crippen LogP contribution in [-0.2, 0) is 19.1 Å². The van der Waals surface area contributed by atoms with Gasteiger partial charge in [-0.3, -0.25) is 9.59 Å². The normalized spacial score (nSPS) is 41.8. The third kappa shape index (κ3) is 2.72. The number of carbonyl (C=O) groups is 2. The monoisotopic (exact) mass is 378 g/mol. The number of ether oxygens (including phenoxy) is 2. The van der Waals surface area contributed by atoms with E-state index in [-0.39, 0.29) is 36.1 Å². The molecule has 6 nitrogen and oxygen atoms in total. The molecule has 0 unspecified atom stereocenters. The number of aliphatic carboxylic acids is 1. The van der Waals surface area contributed by atoms with Gasteiger partial charge in [0.2, 0.25) is 0 Å². The molecule has 2 N–H and O–H groups in total. The van der Waals surface area contributed by atoms with Crippen molar-refractivity contribution in [2.24, 2.45) is 22.7 Å². The molecule has 1 saturated carbocycles. The summed E-state index contributed by atoms with van der Waals surface area (Å²) in [5, 5.41) is 20.8. The first-order chi connectivity index (χ1) is 12.4. The minimum atomic E-state index is -1.07. The molecule has 1 fully saturated rings. The van der Waals surface area contributed by atoms with Crippen molar-refractivity contribution in [1.82, 2.24) is 0 Å². The second kappa shape index (κ2) is 6.09. The molecule has 0 saturated heterocycles. The fraction of sp³-hybridized carbons (Fsp3) is 0.714. The molecule has 0 amide bonds. The smallest absolute Gasteiger partial charge is 0.309 e. The van der Waals surface area contributed by atoms with Gasteiger partial charge in [-0.2, -0.15) is 0 Å². The standard InChI is InChI=1S/C21H30O6/c1-7-20(5)14(19(3,4)18(24)25)10-16(23)21(6)15(20)9-12-13(22)8-11(2)26-17(12)27-21/h7,11,14-16,23H,1,8-10H2,2-6H3,(H,24,25)/t11-,14-,15+,16-,20+,21+/m0/s1. The Bertz CT molecular complexity index is 722. The lowest BCUT2D eigenvalue weighted by Crippen LogP contribution is -2.65. The fourth-order valence-corrected chi connectivity index (χ4v) is 5.35. The SMILES string of the molecule is C=C[C@@]1(C)[C@H]2CC3=C(O[C@@H](C)CC3=O)O[C@@]2(C)[C@@H](O)C[C@H]1C(C)(C)C(=O)O. The zero-order valence-corrected chi connectivity index (χ0v) is 16.7. The molecular weight excluding hydrogens is 348 g/mol. The third-order valence-electron chi connectivity index (χ3n) is 7.26. The number of hydrogen-bond acceptors (Lipinski definition) is 5. The summed E-state index contributed by atoms with van der Waals surface area (Å²) < 4.78 is 11.9. The van der Waals surface area contributed by atoms with E-state index in [0.29, 0.717) is 18.4 Å². The quantitative estimate of drug-likeness (QED) is 0.733. The van der Waals surface area contributed by atoms with Crippen molar-refractivity contribution in [2.75, 3.05) is 0 Å². The first-order valence-electron chi connectivity index (χ1n) is 9.55. The van der Waals surface area contributed by atoms with Gasteiger partial charge in [0.05, 0.1) is 17.1 Å². The zero-order chi connectivity index (χ0) is 20.4. The molecule has 27 heavy (non-hydrogen) atoms. The highest BCUT2D eigenvalue weighted by atomic mass is 16.7. The molecule has 0 aromatic carbocycles. The number of rotatable bonds is 3. The number of ketones is 1. The van der Waals surface area contributed by atoms with Crippen LogP contribution in [0.2, 0.25) is 0 Å². The minimum absolute atomic E-state index is 0.00804. The second-order valence-electron chi connectivity index (χ2n) is 9.27. The first-order valence-corrected chi connectivity index (χ1v) is 9.55. The second-order valence-corrected chi connectivity index (χ2v) is 9.27. The van der Waals surface area contributed by atoms with Crippen LogP contribution in [0.4, 0.5) is 0 Å². The molecule has 3 aliphatic rings. The van der Waals surface area contributed by atoms with Gasteiger partial charge in [0.15, 0.2) is 5.78 Å². The van der Waals surface area contributed by atoms with Gasteiger partial charge in [0.25, 0.3) is 5.95 Å². The minimum Gasteiger partial charge on any atom is -0.481 e. The van der Waals surface area contributed by atoms with Gasteiger partial charge < -0.3 is 19.7 Å². The van der Waals surface area contributed by atoms with E-state index in [2.05, 4.69) is 6.58 Å². The molecular formula is C21H30O6. The number of fused-ring (bicyclic) bond motifs is 1. The zero-order valence-electron chi connectivity index (χ0n) is 16.7. The van der Waals surface area contributed by atoms with Crippen molar-refractivity contribution in [2.45, 2.75) is 71.7 Å². The number of hydrogen-bond donors (Lipinski definition) is 2. The van der Waals surface area contributed by atoms with Crippen LogP contribution in [0.25, 0.3) is 0 Å². The lowest BCUT2D eigenvalue weighted by molar-refractivity contribution is -0.237. The molecule has 0 radical (unpaired) electrons. The fourth-order valence-electron chi connectivity index (χ4n) is 5.35. The average Bonchev–Trinajstić information content (AvgIpc) is 2.56. The summed E-state index contributed by atoms with van der Waals surface area (Å²) in [6.45, 7) is 13.0. The van der Waals surface area contributed by atoms with Crippen LogP contribution >= 0.6 is 0 Å². The first kappa shape index (κ1) is 19.9. The topological polar surface area (TPSA) is 93.1 Å². The number of Topliss-reactive ketones (excluding diaryl/α,β-unsaturated/α-hetero) is 1. The highest BCUT2D eigenvalue weighted by Gasteiger charge is 2.64. The van der Waals surface area contributed by atoms with E-state index in [1.54, 1.807) is 19.9 Å². The van der Waals surface area contributed by atoms with Gasteiger partial charge >= 0.3 is 5.97 Å². The van der Waals surface area contributed by atoms with Crippen LogP contribution in [-0.4, -0.2) is 39.8 Å². The van der Waals surface area contributed by atoms with Crippen molar-refractivity contribution in [3.63, 3.8) is 0 Å². The summed E-state index contributed by atoms with van der Waals surface area (Å²) in [6.07, 6.45) is 1.57. The molecule has 150 valence electrons. The number of carbonyl (C=O) groups excluding carboxylic acids is 1. The van der Waals surface area contributed by atoms with Crippen LogP contribution in [0.1, 0.15) is 53.9 Å². The molecule has 6 atom stereocenters. The summed E-state index contributed by atoms with van der Waals surface area (Å²) in [7, 11) is 0. The molecule has 0 spiro atoms. The lowest BCUT2D eigenvalue weighted by Gasteiger charge is -2.60. The maximum atomic E-state index is 12.6. The summed E-state index contributed by atoms with van der Waals surface area (Å²) in [4.78, 5) is 24.5. The molecule has 6 heteroatoms. The van der Waals surface area contributed by atoms with Crippen molar-refractivity contribution in [1.29, 1.82) is 0 Å². The van der Waals surface area contributed by atoms with E-state index in [9.17, 15) is 19.8 Å². The summed E-state index contributed by atoms with van der Waals surface area (Å²) in [6, 6.07) is 0. The van der Waals surface area contributed by atoms with Crippen molar-refractivity contribution >= 4 is 11.8 Å². The van der Waals surface area contributed by atoms with Crippen LogP contribution in [0, 0.1) is 22.7 Å². The van der Waals surface area contributed by atoms with Gasteiger partial charge in [-0.15, -0.1) is 6.58 Å². The highest BCUT2D eigenvalue weighted by molar-refractivity contribution is 5.96. The Labute approximate surface area is 160 Å². The molecule has 1 aliphatic carbocycles. The predicted molar refractivity (Wildman–Crippen MR) is 98.6 cm³/mol. The maximum Gasteiger partial charge on any atom is 0.309 e. The van der Waals surface area contributed by atoms with Gasteiger partial charge in [-0.25, -0.2) is 0 Å². The summed E-state index contributed by atoms with van der Waals surface area (Å²) in [5.41, 5.74) is -2.19. The maximum absolute atomic E-state index is 12.6.